The third kappa shape index (κ3) is 7.96. The van der Waals surface area contributed by atoms with Gasteiger partial charge < -0.3 is 10.7 Å². The molecule has 0 bridgehead atoms. The number of piperidine rings is 1. The Morgan fingerprint density at radius 1 is 1.10 bits per heavy atom. The zero-order valence-corrected chi connectivity index (χ0v) is 25.1. The van der Waals surface area contributed by atoms with Crippen molar-refractivity contribution in [1.29, 1.82) is 5.41 Å². The van der Waals surface area contributed by atoms with Crippen molar-refractivity contribution in [2.75, 3.05) is 18.4 Å². The second kappa shape index (κ2) is 12.6. The smallest absolute Gasteiger partial charge is 0.241 e. The number of aliphatic imine (C=N–C) groups is 1. The molecule has 0 aliphatic carbocycles. The van der Waals surface area contributed by atoms with Crippen molar-refractivity contribution < 1.29 is 12.6 Å². The van der Waals surface area contributed by atoms with Crippen molar-refractivity contribution in [3.05, 3.63) is 83.2 Å². The summed E-state index contributed by atoms with van der Waals surface area (Å²) in [6.07, 6.45) is 6.95. The summed E-state index contributed by atoms with van der Waals surface area (Å²) in [6, 6.07) is 14.2. The molecule has 0 spiro atoms. The summed E-state index contributed by atoms with van der Waals surface area (Å²) in [6.45, 7) is 8.94. The highest BCUT2D eigenvalue weighted by atomic mass is 32.2. The van der Waals surface area contributed by atoms with Gasteiger partial charge in [-0.05, 0) is 82.0 Å². The van der Waals surface area contributed by atoms with Crippen LogP contribution in [0, 0.1) is 5.41 Å². The van der Waals surface area contributed by atoms with E-state index in [1.165, 1.54) is 6.42 Å². The lowest BCUT2D eigenvalue weighted by atomic mass is 9.98. The van der Waals surface area contributed by atoms with Crippen molar-refractivity contribution in [3.8, 4) is 0 Å². The zero-order valence-electron chi connectivity index (χ0n) is 23.5. The Balaban J connectivity index is 1.48. The van der Waals surface area contributed by atoms with Gasteiger partial charge in [-0.25, -0.2) is 26.6 Å². The molecular formula is C30H37N5O3S2. The van der Waals surface area contributed by atoms with Crippen LogP contribution in [0.2, 0.25) is 0 Å². The van der Waals surface area contributed by atoms with E-state index in [9.17, 15) is 12.6 Å². The molecule has 0 amide bonds. The largest absolute Gasteiger partial charge is 0.340 e. The second-order valence-electron chi connectivity index (χ2n) is 11.0. The summed E-state index contributed by atoms with van der Waals surface area (Å²) in [5, 5.41) is 12.0. The average Bonchev–Trinajstić information content (AvgIpc) is 3.09. The minimum Gasteiger partial charge on any atom is -0.340 e. The van der Waals surface area contributed by atoms with Crippen molar-refractivity contribution in [1.82, 2.24) is 9.03 Å². The van der Waals surface area contributed by atoms with Crippen LogP contribution in [0.25, 0.3) is 0 Å². The lowest BCUT2D eigenvalue weighted by Gasteiger charge is -2.25. The van der Waals surface area contributed by atoms with Crippen LogP contribution in [0.5, 0.6) is 0 Å². The van der Waals surface area contributed by atoms with Gasteiger partial charge >= 0.3 is 0 Å². The van der Waals surface area contributed by atoms with E-state index in [-0.39, 0.29) is 11.3 Å². The lowest BCUT2D eigenvalue weighted by Crippen LogP contribution is -2.40. The van der Waals surface area contributed by atoms with E-state index in [1.54, 1.807) is 51.2 Å². The fourth-order valence-electron chi connectivity index (χ4n) is 4.50. The van der Waals surface area contributed by atoms with Gasteiger partial charge in [0, 0.05) is 48.6 Å². The summed E-state index contributed by atoms with van der Waals surface area (Å²) >= 11 is 0. The molecule has 10 heteroatoms. The molecule has 2 heterocycles. The zero-order chi connectivity index (χ0) is 28.9. The first kappa shape index (κ1) is 29.8. The van der Waals surface area contributed by atoms with Gasteiger partial charge in [0.05, 0.1) is 15.5 Å². The van der Waals surface area contributed by atoms with Crippen LogP contribution in [0.15, 0.2) is 92.5 Å². The number of anilines is 1. The van der Waals surface area contributed by atoms with E-state index in [1.807, 2.05) is 41.6 Å². The van der Waals surface area contributed by atoms with Gasteiger partial charge in [0.15, 0.2) is 0 Å². The van der Waals surface area contributed by atoms with E-state index >= 15 is 0 Å². The molecule has 1 fully saturated rings. The molecule has 0 saturated carbocycles. The van der Waals surface area contributed by atoms with Crippen LogP contribution in [0.3, 0.4) is 0 Å². The van der Waals surface area contributed by atoms with Gasteiger partial charge in [0.1, 0.15) is 16.8 Å². The minimum absolute atomic E-state index is 0.170. The first-order valence-corrected chi connectivity index (χ1v) is 16.0. The summed E-state index contributed by atoms with van der Waals surface area (Å²) in [5.74, 6) is 0.546. The Morgan fingerprint density at radius 3 is 2.55 bits per heavy atom. The van der Waals surface area contributed by atoms with Gasteiger partial charge in [-0.1, -0.05) is 24.6 Å². The summed E-state index contributed by atoms with van der Waals surface area (Å²) in [7, 11) is -4.88. The maximum Gasteiger partial charge on any atom is 0.241 e. The molecule has 1 unspecified atom stereocenters. The highest BCUT2D eigenvalue weighted by Crippen LogP contribution is 2.22. The Morgan fingerprint density at radius 2 is 1.82 bits per heavy atom. The molecule has 1 saturated heterocycles. The fourth-order valence-corrected chi connectivity index (χ4v) is 7.30. The standard InChI is InChI=1S/C30H37N5O3S2/c1-22-21-32-29(33-24-11-9-12-25(20-24)39(36)35-16-6-5-7-17-35)15-14-27(22)28(31)19-23-10-8-13-26(18-23)40(37,38)34-30(2,3)4/h8-13,15,18,20-21,31,34H,5-7,16-17,19H2,1-4H3,(H,32,33). The second-order valence-corrected chi connectivity index (χ2v) is 14.2. The van der Waals surface area contributed by atoms with Crippen LogP contribution < -0.4 is 10.0 Å². The van der Waals surface area contributed by atoms with Crippen LogP contribution in [0.1, 0.15) is 52.5 Å². The maximum atomic E-state index is 13.0. The molecule has 3 N–H and O–H groups in total. The first-order chi connectivity index (χ1) is 18.9. The topological polar surface area (TPSA) is 115 Å². The van der Waals surface area contributed by atoms with Crippen LogP contribution >= 0.6 is 0 Å². The van der Waals surface area contributed by atoms with Gasteiger partial charge in [-0.15, -0.1) is 5.73 Å². The van der Waals surface area contributed by atoms with Crippen LogP contribution in [-0.2, 0) is 27.4 Å². The van der Waals surface area contributed by atoms with Gasteiger partial charge in [0.2, 0.25) is 10.0 Å². The number of benzene rings is 2. The molecule has 40 heavy (non-hydrogen) atoms. The number of rotatable bonds is 8. The molecule has 0 aromatic heterocycles. The number of hydrogen-bond donors (Lipinski definition) is 3. The third-order valence-electron chi connectivity index (χ3n) is 6.33. The number of allylic oxidation sites excluding steroid dienone is 1. The van der Waals surface area contributed by atoms with Gasteiger partial charge in [-0.2, -0.15) is 0 Å². The highest BCUT2D eigenvalue weighted by molar-refractivity contribution is 7.89. The van der Waals surface area contributed by atoms with E-state index in [4.69, 9.17) is 5.41 Å². The normalized spacial score (nSPS) is 17.4. The fraction of sp³-hybridized carbons (Fsp3) is 0.367. The quantitative estimate of drug-likeness (QED) is 0.289. The number of nitrogens with one attached hydrogen (secondary N) is 3. The molecule has 0 radical (unpaired) electrons. The predicted molar refractivity (Wildman–Crippen MR) is 163 cm³/mol. The van der Waals surface area contributed by atoms with Gasteiger partial charge in [-0.3, -0.25) is 0 Å². The number of amidine groups is 1. The SMILES string of the molecule is CC1=CN=C(Nc2cccc(S(=O)N3CCCCC3)c2)C=C=C1C(=N)Cc1cccc(S(=O)(=O)NC(C)(C)C)c1. The molecule has 212 valence electrons. The molecule has 1 atom stereocenters. The predicted octanol–water partition coefficient (Wildman–Crippen LogP) is 5.34. The first-order valence-electron chi connectivity index (χ1n) is 13.4. The molecule has 2 aromatic rings. The Labute approximate surface area is 240 Å². The molecule has 2 aliphatic rings. The molecule has 2 aliphatic heterocycles. The molecular weight excluding hydrogens is 542 g/mol. The highest BCUT2D eigenvalue weighted by Gasteiger charge is 2.22. The Kier molecular flexibility index (Phi) is 9.38. The molecule has 8 nitrogen and oxygen atoms in total. The third-order valence-corrected chi connectivity index (χ3v) is 9.58. The number of nitrogens with zero attached hydrogens (tertiary/aromatic N) is 2. The van der Waals surface area contributed by atoms with E-state index in [0.717, 1.165) is 42.1 Å². The average molecular weight is 580 g/mol. The maximum absolute atomic E-state index is 13.0. The van der Waals surface area contributed by atoms with Gasteiger partial charge in [0.25, 0.3) is 0 Å². The monoisotopic (exact) mass is 579 g/mol. The van der Waals surface area contributed by atoms with Crippen LogP contribution in [-0.4, -0.2) is 47.1 Å². The molecule has 4 rings (SSSR count). The lowest BCUT2D eigenvalue weighted by molar-refractivity contribution is 0.365. The van der Waals surface area contributed by atoms with Crippen molar-refractivity contribution in [2.45, 2.75) is 68.7 Å². The summed E-state index contributed by atoms with van der Waals surface area (Å²) in [4.78, 5) is 5.44. The summed E-state index contributed by atoms with van der Waals surface area (Å²) in [5.41, 5.74) is 5.75. The number of hydrogen-bond acceptors (Lipinski definition) is 6. The van der Waals surface area contributed by atoms with Crippen molar-refractivity contribution >= 4 is 38.2 Å². The summed E-state index contributed by atoms with van der Waals surface area (Å²) < 4.78 is 43.3. The Bertz CT molecular complexity index is 1540. The van der Waals surface area contributed by atoms with Crippen LogP contribution in [0.4, 0.5) is 5.69 Å². The molecule has 2 aromatic carbocycles. The van der Waals surface area contributed by atoms with E-state index < -0.39 is 26.5 Å². The van der Waals surface area contributed by atoms with Crippen molar-refractivity contribution in [2.24, 2.45) is 4.99 Å². The minimum atomic E-state index is -3.68. The van der Waals surface area contributed by atoms with E-state index in [2.05, 4.69) is 20.8 Å². The Hall–Kier alpha value is -3.14. The van der Waals surface area contributed by atoms with Crippen molar-refractivity contribution in [3.63, 3.8) is 0 Å². The van der Waals surface area contributed by atoms with E-state index in [0.29, 0.717) is 22.7 Å². The number of sulfonamides is 1.